The molecule has 0 heterocycles. The van der Waals surface area contributed by atoms with Crippen molar-refractivity contribution in [2.24, 2.45) is 0 Å². The standard InChI is InChI=1S/C21H23FN2O4/c1-3-28-21(27)17-9-5-7-11-19(17)24(15(2)25)13-12-20(26)23-14-16-8-4-6-10-18(16)22/h4-11H,3,12-14H2,1-2H3,(H,23,26). The maximum atomic E-state index is 13.6. The normalized spacial score (nSPS) is 10.2. The maximum absolute atomic E-state index is 13.6. The van der Waals surface area contributed by atoms with Gasteiger partial charge in [-0.2, -0.15) is 0 Å². The minimum atomic E-state index is -0.534. The number of para-hydroxylation sites is 1. The molecule has 0 radical (unpaired) electrons. The Morgan fingerprint density at radius 3 is 2.43 bits per heavy atom. The number of anilines is 1. The Kier molecular flexibility index (Phi) is 7.68. The van der Waals surface area contributed by atoms with Crippen molar-refractivity contribution >= 4 is 23.5 Å². The average Bonchev–Trinajstić information content (AvgIpc) is 2.68. The van der Waals surface area contributed by atoms with Crippen molar-refractivity contribution in [1.82, 2.24) is 5.32 Å². The van der Waals surface area contributed by atoms with E-state index in [2.05, 4.69) is 5.32 Å². The Morgan fingerprint density at radius 2 is 1.75 bits per heavy atom. The van der Waals surface area contributed by atoms with Crippen LogP contribution < -0.4 is 10.2 Å². The number of amides is 2. The molecule has 0 unspecified atom stereocenters. The van der Waals surface area contributed by atoms with Gasteiger partial charge in [-0.25, -0.2) is 9.18 Å². The second-order valence-corrected chi connectivity index (χ2v) is 6.03. The summed E-state index contributed by atoms with van der Waals surface area (Å²) in [5, 5.41) is 2.63. The van der Waals surface area contributed by atoms with Crippen molar-refractivity contribution in [2.45, 2.75) is 26.8 Å². The Morgan fingerprint density at radius 1 is 1.07 bits per heavy atom. The summed E-state index contributed by atoms with van der Waals surface area (Å²) < 4.78 is 18.6. The molecule has 0 saturated heterocycles. The first-order valence-electron chi connectivity index (χ1n) is 8.98. The highest BCUT2D eigenvalue weighted by atomic mass is 19.1. The van der Waals surface area contributed by atoms with Crippen LogP contribution in [0.3, 0.4) is 0 Å². The minimum Gasteiger partial charge on any atom is -0.462 e. The zero-order chi connectivity index (χ0) is 20.5. The van der Waals surface area contributed by atoms with E-state index in [0.717, 1.165) is 0 Å². The number of nitrogens with one attached hydrogen (secondary N) is 1. The summed E-state index contributed by atoms with van der Waals surface area (Å²) >= 11 is 0. The Bertz CT molecular complexity index is 854. The monoisotopic (exact) mass is 386 g/mol. The van der Waals surface area contributed by atoms with E-state index in [1.54, 1.807) is 49.4 Å². The van der Waals surface area contributed by atoms with E-state index in [-0.39, 0.29) is 43.5 Å². The molecule has 2 aromatic rings. The molecule has 6 nitrogen and oxygen atoms in total. The predicted molar refractivity (Wildman–Crippen MR) is 103 cm³/mol. The second-order valence-electron chi connectivity index (χ2n) is 6.03. The fourth-order valence-corrected chi connectivity index (χ4v) is 2.68. The lowest BCUT2D eigenvalue weighted by molar-refractivity contribution is -0.121. The van der Waals surface area contributed by atoms with E-state index in [1.807, 2.05) is 0 Å². The van der Waals surface area contributed by atoms with Crippen LogP contribution in [0.5, 0.6) is 0 Å². The van der Waals surface area contributed by atoms with Gasteiger partial charge >= 0.3 is 5.97 Å². The van der Waals surface area contributed by atoms with Crippen LogP contribution in [-0.2, 0) is 20.9 Å². The zero-order valence-corrected chi connectivity index (χ0v) is 15.9. The molecule has 0 aromatic heterocycles. The number of nitrogens with zero attached hydrogens (tertiary/aromatic N) is 1. The van der Waals surface area contributed by atoms with Crippen LogP contribution in [0.25, 0.3) is 0 Å². The SMILES string of the molecule is CCOC(=O)c1ccccc1N(CCC(=O)NCc1ccccc1F)C(C)=O. The van der Waals surface area contributed by atoms with Gasteiger partial charge in [0, 0.05) is 32.0 Å². The van der Waals surface area contributed by atoms with E-state index >= 15 is 0 Å². The first-order chi connectivity index (χ1) is 13.4. The number of hydrogen-bond donors (Lipinski definition) is 1. The van der Waals surface area contributed by atoms with Crippen LogP contribution >= 0.6 is 0 Å². The molecule has 2 aromatic carbocycles. The molecule has 7 heteroatoms. The van der Waals surface area contributed by atoms with Gasteiger partial charge in [-0.05, 0) is 25.1 Å². The van der Waals surface area contributed by atoms with E-state index < -0.39 is 11.8 Å². The van der Waals surface area contributed by atoms with E-state index in [1.165, 1.54) is 17.9 Å². The summed E-state index contributed by atoms with van der Waals surface area (Å²) in [5.41, 5.74) is 1.02. The van der Waals surface area contributed by atoms with Gasteiger partial charge in [0.1, 0.15) is 5.82 Å². The van der Waals surface area contributed by atoms with Gasteiger partial charge in [-0.15, -0.1) is 0 Å². The number of rotatable bonds is 8. The summed E-state index contributed by atoms with van der Waals surface area (Å²) in [6.45, 7) is 3.41. The molecule has 0 aliphatic rings. The first kappa shape index (κ1) is 21.1. The molecule has 148 valence electrons. The van der Waals surface area contributed by atoms with Gasteiger partial charge in [-0.1, -0.05) is 30.3 Å². The topological polar surface area (TPSA) is 75.7 Å². The number of ether oxygens (including phenoxy) is 1. The van der Waals surface area contributed by atoms with Crippen molar-refractivity contribution in [3.63, 3.8) is 0 Å². The van der Waals surface area contributed by atoms with Gasteiger partial charge in [0.2, 0.25) is 11.8 Å². The molecule has 0 bridgehead atoms. The van der Waals surface area contributed by atoms with Crippen LogP contribution in [0, 0.1) is 5.82 Å². The molecule has 2 rings (SSSR count). The highest BCUT2D eigenvalue weighted by Crippen LogP contribution is 2.22. The molecule has 0 fully saturated rings. The summed E-state index contributed by atoms with van der Waals surface area (Å²) in [6, 6.07) is 12.8. The van der Waals surface area contributed by atoms with E-state index in [0.29, 0.717) is 11.3 Å². The van der Waals surface area contributed by atoms with Crippen molar-refractivity contribution in [3.8, 4) is 0 Å². The summed E-state index contributed by atoms with van der Waals surface area (Å²) in [7, 11) is 0. The van der Waals surface area contributed by atoms with Crippen LogP contribution in [0.1, 0.15) is 36.2 Å². The molecule has 0 spiro atoms. The third-order valence-corrected chi connectivity index (χ3v) is 4.07. The van der Waals surface area contributed by atoms with Crippen LogP contribution in [0.15, 0.2) is 48.5 Å². The molecular formula is C21H23FN2O4. The van der Waals surface area contributed by atoms with Crippen LogP contribution in [0.4, 0.5) is 10.1 Å². The highest BCUT2D eigenvalue weighted by molar-refractivity contribution is 6.02. The van der Waals surface area contributed by atoms with Gasteiger partial charge in [-0.3, -0.25) is 9.59 Å². The van der Waals surface area contributed by atoms with Crippen LogP contribution in [0.2, 0.25) is 0 Å². The third-order valence-electron chi connectivity index (χ3n) is 4.07. The Balaban J connectivity index is 2.04. The van der Waals surface area contributed by atoms with Gasteiger partial charge < -0.3 is 15.0 Å². The molecule has 2 amide bonds. The number of benzene rings is 2. The van der Waals surface area contributed by atoms with Crippen molar-refractivity contribution in [3.05, 3.63) is 65.5 Å². The van der Waals surface area contributed by atoms with E-state index in [4.69, 9.17) is 4.74 Å². The number of carbonyl (C=O) groups excluding carboxylic acids is 3. The molecule has 0 saturated carbocycles. The predicted octanol–water partition coefficient (Wildman–Crippen LogP) is 3.06. The Labute approximate surface area is 163 Å². The number of halogens is 1. The average molecular weight is 386 g/mol. The minimum absolute atomic E-state index is 0.00515. The van der Waals surface area contributed by atoms with Crippen LogP contribution in [-0.4, -0.2) is 30.9 Å². The summed E-state index contributed by atoms with van der Waals surface area (Å²) in [6.07, 6.45) is 0.00515. The smallest absolute Gasteiger partial charge is 0.340 e. The zero-order valence-electron chi connectivity index (χ0n) is 15.9. The second kappa shape index (κ2) is 10.2. The quantitative estimate of drug-likeness (QED) is 0.708. The molecule has 1 N–H and O–H groups in total. The fourth-order valence-electron chi connectivity index (χ4n) is 2.68. The van der Waals surface area contributed by atoms with E-state index in [9.17, 15) is 18.8 Å². The summed E-state index contributed by atoms with van der Waals surface area (Å²) in [5.74, 6) is -1.56. The highest BCUT2D eigenvalue weighted by Gasteiger charge is 2.20. The first-order valence-corrected chi connectivity index (χ1v) is 8.98. The number of esters is 1. The molecular weight excluding hydrogens is 363 g/mol. The molecule has 0 aliphatic carbocycles. The van der Waals surface area contributed by atoms with Gasteiger partial charge in [0.25, 0.3) is 0 Å². The number of carbonyl (C=O) groups is 3. The lowest BCUT2D eigenvalue weighted by Gasteiger charge is -2.23. The molecule has 0 atom stereocenters. The Hall–Kier alpha value is -3.22. The third kappa shape index (κ3) is 5.64. The van der Waals surface area contributed by atoms with Crippen molar-refractivity contribution in [2.75, 3.05) is 18.1 Å². The van der Waals surface area contributed by atoms with Gasteiger partial charge in [0.05, 0.1) is 17.9 Å². The van der Waals surface area contributed by atoms with Crippen molar-refractivity contribution < 1.29 is 23.5 Å². The largest absolute Gasteiger partial charge is 0.462 e. The molecule has 28 heavy (non-hydrogen) atoms. The lowest BCUT2D eigenvalue weighted by Crippen LogP contribution is -2.34. The van der Waals surface area contributed by atoms with Gasteiger partial charge in [0.15, 0.2) is 0 Å². The maximum Gasteiger partial charge on any atom is 0.340 e. The van der Waals surface area contributed by atoms with Crippen molar-refractivity contribution in [1.29, 1.82) is 0 Å². The lowest BCUT2D eigenvalue weighted by atomic mass is 10.1. The number of hydrogen-bond acceptors (Lipinski definition) is 4. The fraction of sp³-hybridized carbons (Fsp3) is 0.286. The molecule has 0 aliphatic heterocycles. The summed E-state index contributed by atoms with van der Waals surface area (Å²) in [4.78, 5) is 37.8.